The number of amidine groups is 1. The van der Waals surface area contributed by atoms with Crippen LogP contribution in [0.4, 0.5) is 5.69 Å². The highest BCUT2D eigenvalue weighted by atomic mass is 16.5. The lowest BCUT2D eigenvalue weighted by molar-refractivity contribution is -0.120. The molecule has 34 heavy (non-hydrogen) atoms. The molecule has 2 heterocycles. The lowest BCUT2D eigenvalue weighted by atomic mass is 9.89. The fraction of sp³-hybridized carbons (Fsp3) is 0.478. The van der Waals surface area contributed by atoms with Crippen molar-refractivity contribution in [2.24, 2.45) is 10.1 Å². The van der Waals surface area contributed by atoms with Crippen LogP contribution in [0.15, 0.2) is 56.5 Å². The minimum absolute atomic E-state index is 0.192. The van der Waals surface area contributed by atoms with Crippen molar-refractivity contribution in [3.63, 3.8) is 0 Å². The van der Waals surface area contributed by atoms with E-state index in [4.69, 9.17) is 4.74 Å². The van der Waals surface area contributed by atoms with Gasteiger partial charge in [-0.3, -0.25) is 14.6 Å². The predicted octanol–water partition coefficient (Wildman–Crippen LogP) is 0.701. The summed E-state index contributed by atoms with van der Waals surface area (Å²) >= 11 is 0. The summed E-state index contributed by atoms with van der Waals surface area (Å²) in [5.41, 5.74) is 0.507. The van der Waals surface area contributed by atoms with E-state index < -0.39 is 6.10 Å². The number of hydrogen-bond donors (Lipinski definition) is 4. The molecule has 0 unspecified atom stereocenters. The van der Waals surface area contributed by atoms with Crippen LogP contribution in [-0.2, 0) is 16.1 Å². The molecule has 1 amide bonds. The van der Waals surface area contributed by atoms with Crippen molar-refractivity contribution < 1.29 is 14.6 Å². The Morgan fingerprint density at radius 3 is 2.76 bits per heavy atom. The van der Waals surface area contributed by atoms with Gasteiger partial charge in [0.25, 0.3) is 11.5 Å². The van der Waals surface area contributed by atoms with Crippen molar-refractivity contribution in [1.82, 2.24) is 20.2 Å². The first-order valence-electron chi connectivity index (χ1n) is 11.4. The molecule has 3 aliphatic rings. The quantitative estimate of drug-likeness (QED) is 0.309. The smallest absolute Gasteiger partial charge is 0.274 e. The molecule has 11 nitrogen and oxygen atoms in total. The third-order valence-electron chi connectivity index (χ3n) is 6.08. The maximum absolute atomic E-state index is 12.9. The lowest BCUT2D eigenvalue weighted by Crippen LogP contribution is -2.51. The highest BCUT2D eigenvalue weighted by Crippen LogP contribution is 2.23. The number of rotatable bonds is 9. The van der Waals surface area contributed by atoms with E-state index in [9.17, 15) is 14.7 Å². The number of carbonyl (C=O) groups is 1. The first-order valence-corrected chi connectivity index (χ1v) is 11.4. The van der Waals surface area contributed by atoms with Gasteiger partial charge in [0.2, 0.25) is 0 Å². The minimum atomic E-state index is -0.533. The average Bonchev–Trinajstić information content (AvgIpc) is 3.67. The van der Waals surface area contributed by atoms with E-state index in [1.807, 2.05) is 0 Å². The molecule has 1 aromatic heterocycles. The Morgan fingerprint density at radius 2 is 2.15 bits per heavy atom. The zero-order chi connectivity index (χ0) is 24.2. The molecule has 11 heteroatoms. The number of aliphatic hydroxyl groups is 1. The second kappa shape index (κ2) is 10.2. The van der Waals surface area contributed by atoms with Gasteiger partial charge in [-0.1, -0.05) is 0 Å². The van der Waals surface area contributed by atoms with E-state index in [0.29, 0.717) is 54.4 Å². The number of ether oxygens (including phenoxy) is 1. The van der Waals surface area contributed by atoms with Gasteiger partial charge in [0.15, 0.2) is 5.84 Å². The molecular formula is C23H31N7O4. The molecule has 0 bridgehead atoms. The molecule has 1 aliphatic heterocycles. The van der Waals surface area contributed by atoms with E-state index in [0.717, 1.165) is 19.3 Å². The molecule has 2 aliphatic carbocycles. The monoisotopic (exact) mass is 469 g/mol. The molecule has 0 saturated heterocycles. The maximum atomic E-state index is 12.9. The Kier molecular flexibility index (Phi) is 7.13. The van der Waals surface area contributed by atoms with Crippen LogP contribution in [-0.4, -0.2) is 65.0 Å². The largest absolute Gasteiger partial charge is 0.391 e. The van der Waals surface area contributed by atoms with Crippen LogP contribution in [0.5, 0.6) is 0 Å². The van der Waals surface area contributed by atoms with E-state index >= 15 is 0 Å². The van der Waals surface area contributed by atoms with Gasteiger partial charge >= 0.3 is 0 Å². The fourth-order valence-electron chi connectivity index (χ4n) is 3.68. The Bertz CT molecular complexity index is 1100. The third-order valence-corrected chi connectivity index (χ3v) is 6.08. The summed E-state index contributed by atoms with van der Waals surface area (Å²) < 4.78 is 7.26. The van der Waals surface area contributed by atoms with Gasteiger partial charge in [-0.05, 0) is 44.7 Å². The number of aliphatic hydroxyl groups excluding tert-OH is 1. The Hall–Kier alpha value is -3.44. The standard InChI is InChI=1S/C23H31N7O4/c1-14(22(32)27-16-8-9-18(16)31)21-28-19(13-20(24-2)30(21)25-3)26-17-5-4-10-29(23(17)33)11-12-34-15-6-7-15/h4-5,10,13,15-16,18,26,28,31H,3,6-9,11-12H2,1-2H3,(H,27,32)/b21-14+,24-20?/t16-,18-/m1/s1. The number of hydrogen-bond acceptors (Lipinski definition) is 8. The summed E-state index contributed by atoms with van der Waals surface area (Å²) in [5, 5.41) is 24.3. The van der Waals surface area contributed by atoms with Gasteiger partial charge in [-0.2, -0.15) is 10.1 Å². The van der Waals surface area contributed by atoms with Gasteiger partial charge in [0, 0.05) is 32.6 Å². The van der Waals surface area contributed by atoms with Gasteiger partial charge in [0.1, 0.15) is 17.3 Å². The van der Waals surface area contributed by atoms with E-state index in [1.165, 1.54) is 5.01 Å². The lowest BCUT2D eigenvalue weighted by Gasteiger charge is -2.34. The van der Waals surface area contributed by atoms with E-state index in [1.54, 1.807) is 42.9 Å². The molecule has 4 rings (SSSR count). The normalized spacial score (nSPS) is 24.6. The van der Waals surface area contributed by atoms with E-state index in [2.05, 4.69) is 32.8 Å². The topological polar surface area (TPSA) is 133 Å². The molecule has 182 valence electrons. The van der Waals surface area contributed by atoms with Crippen molar-refractivity contribution in [2.75, 3.05) is 19.0 Å². The summed E-state index contributed by atoms with van der Waals surface area (Å²) in [4.78, 5) is 30.0. The number of aromatic nitrogens is 1. The molecule has 2 saturated carbocycles. The first-order chi connectivity index (χ1) is 16.4. The number of hydrazone groups is 1. The van der Waals surface area contributed by atoms with Crippen LogP contribution in [0.2, 0.25) is 0 Å². The van der Waals surface area contributed by atoms with Crippen LogP contribution in [0.25, 0.3) is 0 Å². The maximum Gasteiger partial charge on any atom is 0.274 e. The highest BCUT2D eigenvalue weighted by Gasteiger charge is 2.32. The number of aliphatic imine (C=N–C) groups is 1. The predicted molar refractivity (Wildman–Crippen MR) is 129 cm³/mol. The van der Waals surface area contributed by atoms with Crippen LogP contribution < -0.4 is 21.5 Å². The fourth-order valence-corrected chi connectivity index (χ4v) is 3.68. The summed E-state index contributed by atoms with van der Waals surface area (Å²) in [6, 6.07) is 3.21. The Morgan fingerprint density at radius 1 is 1.35 bits per heavy atom. The van der Waals surface area contributed by atoms with E-state index in [-0.39, 0.29) is 17.5 Å². The van der Waals surface area contributed by atoms with Crippen LogP contribution in [0.1, 0.15) is 32.6 Å². The SMILES string of the molecule is C=NN1C(=NC)C=C(Nc2cccn(CCOC3CC3)c2=O)N/C1=C(/C)C(=O)N[C@@H]1CC[C@H]1O. The zero-order valence-corrected chi connectivity index (χ0v) is 19.5. The first kappa shape index (κ1) is 23.7. The van der Waals surface area contributed by atoms with Crippen LogP contribution in [0, 0.1) is 0 Å². The van der Waals surface area contributed by atoms with Crippen molar-refractivity contribution in [2.45, 2.75) is 57.4 Å². The van der Waals surface area contributed by atoms with Gasteiger partial charge in [-0.25, -0.2) is 0 Å². The van der Waals surface area contributed by atoms with Crippen molar-refractivity contribution >= 4 is 24.1 Å². The molecule has 1 aromatic rings. The third kappa shape index (κ3) is 5.20. The number of nitrogens with zero attached hydrogens (tertiary/aromatic N) is 4. The Balaban J connectivity index is 1.54. The molecular weight excluding hydrogens is 438 g/mol. The number of amides is 1. The zero-order valence-electron chi connectivity index (χ0n) is 19.5. The molecule has 0 spiro atoms. The Labute approximate surface area is 197 Å². The number of nitrogens with one attached hydrogen (secondary N) is 3. The molecule has 0 aromatic carbocycles. The van der Waals surface area contributed by atoms with Gasteiger partial charge in [0.05, 0.1) is 30.4 Å². The summed E-state index contributed by atoms with van der Waals surface area (Å²) in [6.07, 6.45) is 6.77. The number of carbonyl (C=O) groups excluding carboxylic acids is 1. The summed E-state index contributed by atoms with van der Waals surface area (Å²) in [5.74, 6) is 0.891. The van der Waals surface area contributed by atoms with Crippen LogP contribution >= 0.6 is 0 Å². The molecule has 2 fully saturated rings. The molecule has 0 radical (unpaired) electrons. The summed E-state index contributed by atoms with van der Waals surface area (Å²) in [7, 11) is 1.60. The second-order valence-corrected chi connectivity index (χ2v) is 8.53. The van der Waals surface area contributed by atoms with Crippen LogP contribution in [0.3, 0.4) is 0 Å². The van der Waals surface area contributed by atoms with Gasteiger partial charge in [-0.15, -0.1) is 0 Å². The highest BCUT2D eigenvalue weighted by molar-refractivity contribution is 5.99. The number of pyridine rings is 1. The van der Waals surface area contributed by atoms with Crippen molar-refractivity contribution in [3.8, 4) is 0 Å². The van der Waals surface area contributed by atoms with Gasteiger partial charge < -0.3 is 30.4 Å². The van der Waals surface area contributed by atoms with Crippen molar-refractivity contribution in [1.29, 1.82) is 0 Å². The number of anilines is 1. The molecule has 4 N–H and O–H groups in total. The minimum Gasteiger partial charge on any atom is -0.391 e. The molecule has 2 atom stereocenters. The van der Waals surface area contributed by atoms with Crippen molar-refractivity contribution in [3.05, 3.63) is 52.0 Å². The average molecular weight is 470 g/mol. The second-order valence-electron chi connectivity index (χ2n) is 8.53. The summed E-state index contributed by atoms with van der Waals surface area (Å²) in [6.45, 7) is 6.18.